The first-order valence-electron chi connectivity index (χ1n) is 10.7. The highest BCUT2D eigenvalue weighted by Crippen LogP contribution is 2.42. The second kappa shape index (κ2) is 9.90. The van der Waals surface area contributed by atoms with E-state index in [-0.39, 0.29) is 16.7 Å². The minimum absolute atomic E-state index is 0.00650. The van der Waals surface area contributed by atoms with Crippen LogP contribution in [0.25, 0.3) is 33.4 Å². The lowest BCUT2D eigenvalue weighted by atomic mass is 9.90. The number of likely N-dealkylation sites (N-methyl/N-ethyl adjacent to an activating group) is 1. The fraction of sp³-hybridized carbons (Fsp3) is 0.160. The monoisotopic (exact) mass is 477 g/mol. The number of nitrogens with one attached hydrogen (secondary N) is 3. The molecule has 0 aromatic heterocycles. The van der Waals surface area contributed by atoms with Crippen LogP contribution in [0.1, 0.15) is 17.3 Å². The van der Waals surface area contributed by atoms with Crippen LogP contribution in [-0.2, 0) is 0 Å². The Morgan fingerprint density at radius 3 is 2.59 bits per heavy atom. The van der Waals surface area contributed by atoms with E-state index in [1.165, 1.54) is 30.3 Å². The molecule has 2 aliphatic rings. The van der Waals surface area contributed by atoms with Crippen molar-refractivity contribution in [1.82, 2.24) is 10.6 Å². The maximum Gasteiger partial charge on any atom is 0.336 e. The van der Waals surface area contributed by atoms with Gasteiger partial charge in [-0.05, 0) is 60.7 Å². The number of phenolic OH excluding ortho intramolecular Hbond substituents is 1. The van der Waals surface area contributed by atoms with Gasteiger partial charge in [-0.15, -0.1) is 0 Å². The molecule has 174 valence electrons. The number of carboxylic acids is 1. The summed E-state index contributed by atoms with van der Waals surface area (Å²) in [6, 6.07) is 13.9. The first kappa shape index (κ1) is 23.2. The summed E-state index contributed by atoms with van der Waals surface area (Å²) < 4.78 is 5.85. The molecule has 1 aliphatic carbocycles. The molecule has 0 amide bonds. The van der Waals surface area contributed by atoms with Gasteiger partial charge in [0.05, 0.1) is 5.56 Å². The molecule has 1 heterocycles. The number of carbonyl (C=O) groups is 1. The summed E-state index contributed by atoms with van der Waals surface area (Å²) in [4.78, 5) is 24.2. The zero-order chi connectivity index (χ0) is 24.2. The van der Waals surface area contributed by atoms with E-state index in [1.807, 2.05) is 6.92 Å². The molecule has 8 nitrogen and oxygen atoms in total. The fourth-order valence-corrected chi connectivity index (χ4v) is 4.00. The van der Waals surface area contributed by atoms with Crippen molar-refractivity contribution in [3.05, 3.63) is 70.4 Å². The molecule has 0 unspecified atom stereocenters. The third kappa shape index (κ3) is 4.85. The highest BCUT2D eigenvalue weighted by Gasteiger charge is 2.22. The summed E-state index contributed by atoms with van der Waals surface area (Å²) >= 11 is 5.31. The van der Waals surface area contributed by atoms with Gasteiger partial charge >= 0.3 is 5.97 Å². The smallest absolute Gasteiger partial charge is 0.336 e. The van der Waals surface area contributed by atoms with Crippen molar-refractivity contribution in [2.24, 2.45) is 0 Å². The van der Waals surface area contributed by atoms with Crippen LogP contribution in [0, 0.1) is 0 Å². The normalized spacial score (nSPS) is 11.0. The number of fused-ring (bicyclic) bond motifs is 2. The van der Waals surface area contributed by atoms with Crippen LogP contribution in [-0.4, -0.2) is 40.9 Å². The first-order valence-corrected chi connectivity index (χ1v) is 11.1. The van der Waals surface area contributed by atoms with Gasteiger partial charge in [-0.3, -0.25) is 4.79 Å². The summed E-state index contributed by atoms with van der Waals surface area (Å²) in [6.07, 6.45) is 0. The first-order chi connectivity index (χ1) is 16.4. The summed E-state index contributed by atoms with van der Waals surface area (Å²) in [5.74, 6) is -0.829. The van der Waals surface area contributed by atoms with E-state index in [9.17, 15) is 19.8 Å². The van der Waals surface area contributed by atoms with Crippen molar-refractivity contribution < 1.29 is 19.4 Å². The van der Waals surface area contributed by atoms with Gasteiger partial charge in [0.2, 0.25) is 0 Å². The molecular weight excluding hydrogens is 454 g/mol. The highest BCUT2D eigenvalue weighted by molar-refractivity contribution is 7.80. The van der Waals surface area contributed by atoms with Crippen LogP contribution in [0.3, 0.4) is 0 Å². The Balaban J connectivity index is 1.81. The number of hydrogen-bond donors (Lipinski definition) is 5. The van der Waals surface area contributed by atoms with Crippen LogP contribution >= 0.6 is 12.2 Å². The Labute approximate surface area is 200 Å². The van der Waals surface area contributed by atoms with Crippen molar-refractivity contribution in [3.63, 3.8) is 0 Å². The van der Waals surface area contributed by atoms with Gasteiger partial charge in [-0.2, -0.15) is 0 Å². The molecule has 0 saturated carbocycles. The number of aromatic carboxylic acids is 1. The molecule has 34 heavy (non-hydrogen) atoms. The molecule has 0 saturated heterocycles. The van der Waals surface area contributed by atoms with Crippen LogP contribution in [0.4, 0.5) is 5.69 Å². The molecule has 0 spiro atoms. The standard InChI is InChI=1S/C25H23N3O5S/c1-2-26-9-10-27-25(34)28-14-3-6-17(20(11-14)24(31)32)23-18-7-4-15(29)12-21(18)33-22-13-16(30)5-8-19(22)23/h3-8,11-13,26,29H,2,9-10H2,1H3,(H,31,32)(H2,27,28,34). The number of aromatic hydroxyl groups is 1. The quantitative estimate of drug-likeness (QED) is 0.153. The van der Waals surface area contributed by atoms with Crippen LogP contribution < -0.4 is 21.4 Å². The minimum Gasteiger partial charge on any atom is -0.508 e. The van der Waals surface area contributed by atoms with Crippen molar-refractivity contribution in [1.29, 1.82) is 0 Å². The Kier molecular flexibility index (Phi) is 6.76. The molecule has 1 aliphatic heterocycles. The summed E-state index contributed by atoms with van der Waals surface area (Å²) in [5.41, 5.74) is 2.28. The van der Waals surface area contributed by atoms with E-state index in [4.69, 9.17) is 16.6 Å². The predicted octanol–water partition coefficient (Wildman–Crippen LogP) is 3.86. The number of rotatable bonds is 7. The highest BCUT2D eigenvalue weighted by atomic mass is 32.1. The molecular formula is C25H23N3O5S. The van der Waals surface area contributed by atoms with Gasteiger partial charge in [0.25, 0.3) is 0 Å². The Hall–Kier alpha value is -3.95. The maximum absolute atomic E-state index is 12.3. The van der Waals surface area contributed by atoms with Gasteiger partial charge in [0.1, 0.15) is 17.1 Å². The van der Waals surface area contributed by atoms with Gasteiger partial charge in [0, 0.05) is 47.4 Å². The molecule has 2 aromatic carbocycles. The fourth-order valence-electron chi connectivity index (χ4n) is 3.78. The number of anilines is 1. The van der Waals surface area contributed by atoms with Crippen LogP contribution in [0.2, 0.25) is 0 Å². The Morgan fingerprint density at radius 1 is 1.03 bits per heavy atom. The second-order valence-corrected chi connectivity index (χ2v) is 8.02. The van der Waals surface area contributed by atoms with E-state index in [1.54, 1.807) is 24.3 Å². The zero-order valence-corrected chi connectivity index (χ0v) is 19.2. The van der Waals surface area contributed by atoms with E-state index in [2.05, 4.69) is 16.0 Å². The second-order valence-electron chi connectivity index (χ2n) is 7.62. The number of hydrogen-bond acceptors (Lipinski definition) is 6. The van der Waals surface area contributed by atoms with Crippen molar-refractivity contribution in [2.75, 3.05) is 25.0 Å². The number of thiocarbonyl (C=S) groups is 1. The summed E-state index contributed by atoms with van der Waals surface area (Å²) in [5, 5.41) is 30.2. The molecule has 2 aromatic rings. The SMILES string of the molecule is CCNCCNC(=S)Nc1ccc(-c2c3ccc(=O)cc-3oc3cc(O)ccc23)c(C(=O)O)c1. The van der Waals surface area contributed by atoms with E-state index in [0.717, 1.165) is 13.1 Å². The lowest BCUT2D eigenvalue weighted by molar-refractivity contribution is 0.0697. The summed E-state index contributed by atoms with van der Waals surface area (Å²) in [6.45, 7) is 4.25. The van der Waals surface area contributed by atoms with Crippen LogP contribution in [0.15, 0.2) is 63.8 Å². The average molecular weight is 478 g/mol. The van der Waals surface area contributed by atoms with E-state index >= 15 is 0 Å². The van der Waals surface area contributed by atoms with Crippen molar-refractivity contribution in [2.45, 2.75) is 6.92 Å². The van der Waals surface area contributed by atoms with Gasteiger partial charge in [-0.25, -0.2) is 4.79 Å². The largest absolute Gasteiger partial charge is 0.508 e. The molecule has 0 atom stereocenters. The third-order valence-corrected chi connectivity index (χ3v) is 5.54. The lowest BCUT2D eigenvalue weighted by Gasteiger charge is -2.18. The third-order valence-electron chi connectivity index (χ3n) is 5.29. The summed E-state index contributed by atoms with van der Waals surface area (Å²) in [7, 11) is 0. The Bertz CT molecular complexity index is 1420. The van der Waals surface area contributed by atoms with Gasteiger partial charge in [-0.1, -0.05) is 13.0 Å². The number of carboxylic acid groups (broad SMARTS) is 1. The molecule has 0 radical (unpaired) electrons. The molecule has 5 N–H and O–H groups in total. The molecule has 4 rings (SSSR count). The van der Waals surface area contributed by atoms with E-state index < -0.39 is 5.97 Å². The van der Waals surface area contributed by atoms with E-state index in [0.29, 0.717) is 50.8 Å². The zero-order valence-electron chi connectivity index (χ0n) is 18.3. The molecule has 9 heteroatoms. The lowest BCUT2D eigenvalue weighted by Crippen LogP contribution is -2.34. The topological polar surface area (TPSA) is 124 Å². The van der Waals surface area contributed by atoms with Crippen molar-refractivity contribution >= 4 is 40.0 Å². The van der Waals surface area contributed by atoms with Gasteiger partial charge < -0.3 is 30.6 Å². The molecule has 0 fully saturated rings. The van der Waals surface area contributed by atoms with Crippen LogP contribution in [0.5, 0.6) is 5.75 Å². The minimum atomic E-state index is -1.12. The number of phenols is 1. The Morgan fingerprint density at radius 2 is 1.82 bits per heavy atom. The number of benzene rings is 3. The maximum atomic E-state index is 12.3. The molecule has 0 bridgehead atoms. The average Bonchev–Trinajstić information content (AvgIpc) is 2.80. The van der Waals surface area contributed by atoms with Gasteiger partial charge in [0.15, 0.2) is 10.5 Å². The predicted molar refractivity (Wildman–Crippen MR) is 136 cm³/mol. The van der Waals surface area contributed by atoms with Crippen molar-refractivity contribution in [3.8, 4) is 28.2 Å².